The fraction of sp³-hybridized carbons (Fsp3) is 0.231. The third-order valence-corrected chi connectivity index (χ3v) is 6.86. The number of rotatable bonds is 4. The summed E-state index contributed by atoms with van der Waals surface area (Å²) < 4.78 is 7.56. The molecular weight excluding hydrogens is 444 g/mol. The Balaban J connectivity index is 1.53. The molecule has 4 aromatic rings. The van der Waals surface area contributed by atoms with Crippen LogP contribution in [0.25, 0.3) is 16.6 Å². The number of morpholine rings is 1. The number of aromatic nitrogens is 3. The van der Waals surface area contributed by atoms with Crippen LogP contribution in [0.3, 0.4) is 0 Å². The normalized spacial score (nSPS) is 17.9. The van der Waals surface area contributed by atoms with Gasteiger partial charge in [-0.2, -0.15) is 15.6 Å². The maximum Gasteiger partial charge on any atom is 0.128 e. The zero-order valence-electron chi connectivity index (χ0n) is 18.8. The maximum atomic E-state index is 9.61. The molecule has 5 rings (SSSR count). The zero-order valence-corrected chi connectivity index (χ0v) is 19.7. The van der Waals surface area contributed by atoms with E-state index in [2.05, 4.69) is 42.1 Å². The van der Waals surface area contributed by atoms with Crippen molar-refractivity contribution < 1.29 is 4.74 Å². The fourth-order valence-electron chi connectivity index (χ4n) is 4.28. The van der Waals surface area contributed by atoms with Crippen molar-refractivity contribution >= 4 is 23.1 Å². The van der Waals surface area contributed by atoms with Gasteiger partial charge in [-0.05, 0) is 44.2 Å². The van der Waals surface area contributed by atoms with Gasteiger partial charge < -0.3 is 9.64 Å². The first-order chi connectivity index (χ1) is 16.6. The third-order valence-electron chi connectivity index (χ3n) is 5.75. The van der Waals surface area contributed by atoms with Gasteiger partial charge in [0.15, 0.2) is 0 Å². The van der Waals surface area contributed by atoms with Crippen LogP contribution in [0, 0.1) is 22.7 Å². The molecule has 0 N–H and O–H groups in total. The molecule has 4 heterocycles. The molecule has 0 amide bonds. The number of ether oxygens (including phenoxy) is 1. The Labute approximate surface area is 202 Å². The summed E-state index contributed by atoms with van der Waals surface area (Å²) >= 11 is 1.46. The van der Waals surface area contributed by atoms with Crippen molar-refractivity contribution in [3.8, 4) is 23.3 Å². The van der Waals surface area contributed by atoms with Crippen LogP contribution in [0.5, 0.6) is 0 Å². The van der Waals surface area contributed by atoms with Gasteiger partial charge in [0.05, 0.1) is 35.0 Å². The molecule has 0 aliphatic carbocycles. The molecule has 8 heteroatoms. The second-order valence-corrected chi connectivity index (χ2v) is 9.42. The van der Waals surface area contributed by atoms with Crippen molar-refractivity contribution in [3.63, 3.8) is 0 Å². The second kappa shape index (κ2) is 9.18. The number of pyridine rings is 2. The highest BCUT2D eigenvalue weighted by Gasteiger charge is 2.23. The molecule has 3 aromatic heterocycles. The molecule has 1 saturated heterocycles. The average molecular weight is 467 g/mol. The highest BCUT2D eigenvalue weighted by molar-refractivity contribution is 7.99. The van der Waals surface area contributed by atoms with E-state index in [0.717, 1.165) is 45.3 Å². The summed E-state index contributed by atoms with van der Waals surface area (Å²) in [7, 11) is 0. The lowest BCUT2D eigenvalue weighted by Gasteiger charge is -2.36. The maximum absolute atomic E-state index is 9.61. The molecular formula is C26H22N6OS. The van der Waals surface area contributed by atoms with Gasteiger partial charge in [-0.15, -0.1) is 0 Å². The zero-order chi connectivity index (χ0) is 23.7. The Hall–Kier alpha value is -3.85. The Bertz CT molecular complexity index is 1420. The summed E-state index contributed by atoms with van der Waals surface area (Å²) in [5.41, 5.74) is 3.69. The van der Waals surface area contributed by atoms with Crippen LogP contribution >= 0.6 is 11.8 Å². The minimum Gasteiger partial charge on any atom is -0.372 e. The number of hydrogen-bond acceptors (Lipinski definition) is 7. The van der Waals surface area contributed by atoms with Gasteiger partial charge in [0.1, 0.15) is 18.0 Å². The molecule has 1 aromatic carbocycles. The van der Waals surface area contributed by atoms with Gasteiger partial charge in [0.2, 0.25) is 0 Å². The standard InChI is InChI=1S/C26H22N6OS/c1-17-14-31(15-18(2)33-17)25-8-7-20(12-29-25)21-9-24(26-22(11-28)13-30-32(26)16-21)34-23-6-4-3-5-19(23)10-27/h3-9,12-13,16-18H,14-15H2,1-2H3/t17-,18+. The van der Waals surface area contributed by atoms with E-state index in [-0.39, 0.29) is 12.2 Å². The molecule has 0 radical (unpaired) electrons. The number of hydrogen-bond donors (Lipinski definition) is 0. The van der Waals surface area contributed by atoms with Crippen LogP contribution in [0.2, 0.25) is 0 Å². The van der Waals surface area contributed by atoms with E-state index in [1.54, 1.807) is 16.8 Å². The van der Waals surface area contributed by atoms with Crippen LogP contribution in [0.4, 0.5) is 5.82 Å². The third kappa shape index (κ3) is 4.22. The topological polar surface area (TPSA) is 90.2 Å². The van der Waals surface area contributed by atoms with Crippen LogP contribution in [0.15, 0.2) is 70.8 Å². The van der Waals surface area contributed by atoms with E-state index in [4.69, 9.17) is 9.72 Å². The van der Waals surface area contributed by atoms with Crippen molar-refractivity contribution in [2.24, 2.45) is 0 Å². The van der Waals surface area contributed by atoms with E-state index in [1.807, 2.05) is 42.7 Å². The lowest BCUT2D eigenvalue weighted by atomic mass is 10.1. The van der Waals surface area contributed by atoms with E-state index in [0.29, 0.717) is 11.1 Å². The summed E-state index contributed by atoms with van der Waals surface area (Å²) in [6, 6.07) is 18.0. The summed E-state index contributed by atoms with van der Waals surface area (Å²) in [6.07, 6.45) is 5.68. The van der Waals surface area contributed by atoms with Crippen LogP contribution < -0.4 is 4.90 Å². The number of nitrogens with zero attached hydrogens (tertiary/aromatic N) is 6. The van der Waals surface area contributed by atoms with E-state index in [1.165, 1.54) is 11.8 Å². The fourth-order valence-corrected chi connectivity index (χ4v) is 5.37. The monoisotopic (exact) mass is 466 g/mol. The van der Waals surface area contributed by atoms with Gasteiger partial charge >= 0.3 is 0 Å². The Morgan fingerprint density at radius 2 is 1.71 bits per heavy atom. The minimum absolute atomic E-state index is 0.164. The largest absolute Gasteiger partial charge is 0.372 e. The number of nitriles is 2. The second-order valence-electron chi connectivity index (χ2n) is 8.33. The summed E-state index contributed by atoms with van der Waals surface area (Å²) in [6.45, 7) is 5.78. The van der Waals surface area contributed by atoms with E-state index in [9.17, 15) is 10.5 Å². The first-order valence-electron chi connectivity index (χ1n) is 11.0. The van der Waals surface area contributed by atoms with Gasteiger partial charge in [-0.3, -0.25) is 0 Å². The summed E-state index contributed by atoms with van der Waals surface area (Å²) in [5, 5.41) is 23.5. The quantitative estimate of drug-likeness (QED) is 0.422. The lowest BCUT2D eigenvalue weighted by molar-refractivity contribution is -0.00545. The molecule has 1 aliphatic rings. The molecule has 1 fully saturated rings. The molecule has 34 heavy (non-hydrogen) atoms. The van der Waals surface area contributed by atoms with Crippen molar-refractivity contribution in [1.29, 1.82) is 10.5 Å². The van der Waals surface area contributed by atoms with Crippen molar-refractivity contribution in [3.05, 3.63) is 72.2 Å². The Morgan fingerprint density at radius 1 is 0.941 bits per heavy atom. The first kappa shape index (κ1) is 22.0. The van der Waals surface area contributed by atoms with Crippen LogP contribution in [-0.4, -0.2) is 39.9 Å². The first-order valence-corrected chi connectivity index (χ1v) is 11.8. The van der Waals surface area contributed by atoms with Gasteiger partial charge in [0.25, 0.3) is 0 Å². The Morgan fingerprint density at radius 3 is 2.41 bits per heavy atom. The lowest BCUT2D eigenvalue weighted by Crippen LogP contribution is -2.45. The van der Waals surface area contributed by atoms with Gasteiger partial charge in [-0.1, -0.05) is 23.9 Å². The highest BCUT2D eigenvalue weighted by atomic mass is 32.2. The van der Waals surface area contributed by atoms with Crippen LogP contribution in [-0.2, 0) is 4.74 Å². The van der Waals surface area contributed by atoms with E-state index >= 15 is 0 Å². The predicted molar refractivity (Wildman–Crippen MR) is 131 cm³/mol. The number of fused-ring (bicyclic) bond motifs is 1. The smallest absolute Gasteiger partial charge is 0.128 e. The molecule has 0 unspecified atom stereocenters. The van der Waals surface area contributed by atoms with Crippen LogP contribution in [0.1, 0.15) is 25.0 Å². The van der Waals surface area contributed by atoms with Crippen molar-refractivity contribution in [1.82, 2.24) is 14.6 Å². The highest BCUT2D eigenvalue weighted by Crippen LogP contribution is 2.37. The predicted octanol–water partition coefficient (Wildman–Crippen LogP) is 4.90. The van der Waals surface area contributed by atoms with E-state index < -0.39 is 0 Å². The molecule has 1 aliphatic heterocycles. The molecule has 0 saturated carbocycles. The van der Waals surface area contributed by atoms with Crippen molar-refractivity contribution in [2.75, 3.05) is 18.0 Å². The molecule has 2 atom stereocenters. The minimum atomic E-state index is 0.164. The average Bonchev–Trinajstić information content (AvgIpc) is 3.27. The molecule has 0 bridgehead atoms. The summed E-state index contributed by atoms with van der Waals surface area (Å²) in [4.78, 5) is 8.66. The molecule has 7 nitrogen and oxygen atoms in total. The van der Waals surface area contributed by atoms with Gasteiger partial charge in [-0.25, -0.2) is 9.50 Å². The summed E-state index contributed by atoms with van der Waals surface area (Å²) in [5.74, 6) is 0.926. The molecule has 0 spiro atoms. The number of anilines is 1. The van der Waals surface area contributed by atoms with Gasteiger partial charge in [0, 0.05) is 46.4 Å². The van der Waals surface area contributed by atoms with Crippen molar-refractivity contribution in [2.45, 2.75) is 35.8 Å². The Kier molecular flexibility index (Phi) is 5.93. The number of benzene rings is 1. The SMILES string of the molecule is C[C@@H]1CN(c2ccc(-c3cc(Sc4ccccc4C#N)c4c(C#N)cnn4c3)cn2)C[C@H](C)O1. The molecule has 168 valence electrons.